The van der Waals surface area contributed by atoms with Gasteiger partial charge in [-0.1, -0.05) is 11.8 Å². The van der Waals surface area contributed by atoms with Gasteiger partial charge in [-0.3, -0.25) is 0 Å². The molecule has 0 unspecified atom stereocenters. The first-order chi connectivity index (χ1) is 9.64. The Morgan fingerprint density at radius 2 is 1.55 bits per heavy atom. The smallest absolute Gasteiger partial charge is 0.225 e. The third-order valence-corrected chi connectivity index (χ3v) is 2.98. The van der Waals surface area contributed by atoms with Gasteiger partial charge < -0.3 is 19.9 Å². The molecule has 1 aromatic carbocycles. The van der Waals surface area contributed by atoms with Gasteiger partial charge in [-0.25, -0.2) is 4.98 Å². The Balaban J connectivity index is 2.31. The molecule has 0 aliphatic carbocycles. The molecule has 0 saturated heterocycles. The minimum atomic E-state index is 0.356. The van der Waals surface area contributed by atoms with Gasteiger partial charge in [-0.05, 0) is 6.26 Å². The Bertz CT molecular complexity index is 585. The normalized spacial score (nSPS) is 10.2. The molecule has 0 atom stereocenters. The van der Waals surface area contributed by atoms with E-state index in [1.807, 2.05) is 6.26 Å². The molecule has 0 aliphatic heterocycles. The van der Waals surface area contributed by atoms with Crippen LogP contribution in [0.25, 0.3) is 0 Å². The molecule has 2 aromatic rings. The summed E-state index contributed by atoms with van der Waals surface area (Å²) >= 11 is 1.39. The highest BCUT2D eigenvalue weighted by atomic mass is 32.2. The van der Waals surface area contributed by atoms with Crippen LogP contribution in [0, 0.1) is 0 Å². The molecule has 0 aliphatic rings. The number of nitrogens with two attached hydrogens (primary N) is 1. The topological polar surface area (TPSA) is 79.5 Å². The Morgan fingerprint density at radius 1 is 0.950 bits per heavy atom. The second kappa shape index (κ2) is 6.33. The first-order valence-electron chi connectivity index (χ1n) is 5.74. The third kappa shape index (κ3) is 3.45. The minimum absolute atomic E-state index is 0.356. The van der Waals surface area contributed by atoms with E-state index in [1.165, 1.54) is 11.8 Å². The zero-order valence-corrected chi connectivity index (χ0v) is 12.2. The summed E-state index contributed by atoms with van der Waals surface area (Å²) in [6.45, 7) is 0. The molecule has 0 amide bonds. The van der Waals surface area contributed by atoms with E-state index in [0.29, 0.717) is 34.1 Å². The fraction of sp³-hybridized carbons (Fsp3) is 0.231. The van der Waals surface area contributed by atoms with Crippen LogP contribution in [0.15, 0.2) is 29.4 Å². The number of rotatable bonds is 5. The summed E-state index contributed by atoms with van der Waals surface area (Å²) in [4.78, 5) is 8.29. The highest BCUT2D eigenvalue weighted by molar-refractivity contribution is 7.98. The van der Waals surface area contributed by atoms with Crippen molar-refractivity contribution >= 4 is 17.6 Å². The van der Waals surface area contributed by atoms with Gasteiger partial charge in [0.05, 0.1) is 14.2 Å². The number of anilines is 1. The van der Waals surface area contributed by atoms with Crippen LogP contribution in [0.3, 0.4) is 0 Å². The fourth-order valence-electron chi connectivity index (χ4n) is 1.53. The van der Waals surface area contributed by atoms with E-state index in [2.05, 4.69) is 9.97 Å². The average molecular weight is 293 g/mol. The molecule has 0 spiro atoms. The number of thioether (sulfide) groups is 1. The summed E-state index contributed by atoms with van der Waals surface area (Å²) in [5.74, 6) is 2.54. The quantitative estimate of drug-likeness (QED) is 0.670. The van der Waals surface area contributed by atoms with Crippen molar-refractivity contribution in [2.45, 2.75) is 5.16 Å². The molecule has 106 valence electrons. The van der Waals surface area contributed by atoms with E-state index in [9.17, 15) is 0 Å². The number of ether oxygens (including phenoxy) is 3. The number of nitrogen functional groups attached to an aromatic ring is 1. The number of benzene rings is 1. The van der Waals surface area contributed by atoms with Crippen LogP contribution in [0.5, 0.6) is 23.1 Å². The van der Waals surface area contributed by atoms with E-state index >= 15 is 0 Å². The van der Waals surface area contributed by atoms with E-state index in [-0.39, 0.29) is 0 Å². The number of aromatic nitrogens is 2. The highest BCUT2D eigenvalue weighted by Gasteiger charge is 2.07. The molecular formula is C13H15N3O3S. The zero-order valence-electron chi connectivity index (χ0n) is 11.4. The van der Waals surface area contributed by atoms with Gasteiger partial charge >= 0.3 is 0 Å². The molecule has 20 heavy (non-hydrogen) atoms. The maximum atomic E-state index is 5.71. The lowest BCUT2D eigenvalue weighted by Gasteiger charge is -2.10. The van der Waals surface area contributed by atoms with Gasteiger partial charge in [0, 0.05) is 24.3 Å². The van der Waals surface area contributed by atoms with Crippen molar-refractivity contribution in [3.8, 4) is 23.1 Å². The summed E-state index contributed by atoms with van der Waals surface area (Å²) in [5.41, 5.74) is 5.71. The summed E-state index contributed by atoms with van der Waals surface area (Å²) in [5, 5.41) is 0.551. The van der Waals surface area contributed by atoms with Crippen molar-refractivity contribution in [1.82, 2.24) is 9.97 Å². The van der Waals surface area contributed by atoms with Gasteiger partial charge in [-0.2, -0.15) is 4.98 Å². The van der Waals surface area contributed by atoms with E-state index in [4.69, 9.17) is 19.9 Å². The minimum Gasteiger partial charge on any atom is -0.496 e. The second-order valence-corrected chi connectivity index (χ2v) is 4.54. The fourth-order valence-corrected chi connectivity index (χ4v) is 1.90. The monoisotopic (exact) mass is 293 g/mol. The number of hydrogen-bond acceptors (Lipinski definition) is 7. The number of nitrogens with zero attached hydrogens (tertiary/aromatic N) is 2. The molecule has 6 nitrogen and oxygen atoms in total. The summed E-state index contributed by atoms with van der Waals surface area (Å²) in [6.07, 6.45) is 1.87. The zero-order chi connectivity index (χ0) is 14.5. The number of methoxy groups -OCH3 is 2. The number of hydrogen-bond donors (Lipinski definition) is 1. The van der Waals surface area contributed by atoms with Crippen LogP contribution < -0.4 is 19.9 Å². The van der Waals surface area contributed by atoms with Gasteiger partial charge in [0.2, 0.25) is 5.88 Å². The van der Waals surface area contributed by atoms with E-state index < -0.39 is 0 Å². The van der Waals surface area contributed by atoms with Crippen LogP contribution in [0.2, 0.25) is 0 Å². The van der Waals surface area contributed by atoms with Crippen molar-refractivity contribution in [2.75, 3.05) is 26.2 Å². The molecule has 2 N–H and O–H groups in total. The van der Waals surface area contributed by atoms with Crippen molar-refractivity contribution < 1.29 is 14.2 Å². The van der Waals surface area contributed by atoms with Crippen LogP contribution in [-0.2, 0) is 0 Å². The van der Waals surface area contributed by atoms with Gasteiger partial charge in [-0.15, -0.1) is 0 Å². The third-order valence-electron chi connectivity index (χ3n) is 2.43. The lowest BCUT2D eigenvalue weighted by atomic mass is 10.3. The molecular weight excluding hydrogens is 278 g/mol. The Hall–Kier alpha value is -2.15. The standard InChI is InChI=1S/C13H15N3O3S/c1-17-8-4-9(18-2)6-10(5-8)19-12-7-11(14)15-13(16-12)20-3/h4-7H,1-3H3,(H2,14,15,16). The SMILES string of the molecule is COc1cc(OC)cc(Oc2cc(N)nc(SC)n2)c1. The Labute approximate surface area is 121 Å². The van der Waals surface area contributed by atoms with Crippen molar-refractivity contribution in [3.63, 3.8) is 0 Å². The molecule has 1 heterocycles. The predicted octanol–water partition coefficient (Wildman–Crippen LogP) is 2.59. The second-order valence-electron chi connectivity index (χ2n) is 3.77. The lowest BCUT2D eigenvalue weighted by Crippen LogP contribution is -1.97. The van der Waals surface area contributed by atoms with Gasteiger partial charge in [0.25, 0.3) is 0 Å². The lowest BCUT2D eigenvalue weighted by molar-refractivity contribution is 0.384. The maximum absolute atomic E-state index is 5.71. The summed E-state index contributed by atoms with van der Waals surface area (Å²) in [6, 6.07) is 6.79. The van der Waals surface area contributed by atoms with Crippen molar-refractivity contribution in [2.24, 2.45) is 0 Å². The molecule has 7 heteroatoms. The summed E-state index contributed by atoms with van der Waals surface area (Å²) < 4.78 is 16.0. The molecule has 2 rings (SSSR count). The summed E-state index contributed by atoms with van der Waals surface area (Å²) in [7, 11) is 3.15. The molecule has 1 aromatic heterocycles. The van der Waals surface area contributed by atoms with Crippen molar-refractivity contribution in [1.29, 1.82) is 0 Å². The van der Waals surface area contributed by atoms with Gasteiger partial charge in [0.1, 0.15) is 23.1 Å². The molecule has 0 bridgehead atoms. The van der Waals surface area contributed by atoms with E-state index in [1.54, 1.807) is 38.5 Å². The largest absolute Gasteiger partial charge is 0.496 e. The predicted molar refractivity (Wildman–Crippen MR) is 77.8 cm³/mol. The van der Waals surface area contributed by atoms with E-state index in [0.717, 1.165) is 0 Å². The van der Waals surface area contributed by atoms with Crippen LogP contribution in [-0.4, -0.2) is 30.4 Å². The first kappa shape index (κ1) is 14.3. The molecule has 0 saturated carbocycles. The van der Waals surface area contributed by atoms with Crippen molar-refractivity contribution in [3.05, 3.63) is 24.3 Å². The molecule has 0 fully saturated rings. The average Bonchev–Trinajstić information content (AvgIpc) is 2.46. The van der Waals surface area contributed by atoms with Gasteiger partial charge in [0.15, 0.2) is 5.16 Å². The maximum Gasteiger partial charge on any atom is 0.225 e. The Kier molecular flexibility index (Phi) is 4.52. The first-order valence-corrected chi connectivity index (χ1v) is 6.96. The van der Waals surface area contributed by atoms with Crippen LogP contribution >= 0.6 is 11.8 Å². The highest BCUT2D eigenvalue weighted by Crippen LogP contribution is 2.30. The molecule has 0 radical (unpaired) electrons. The Morgan fingerprint density at radius 3 is 2.10 bits per heavy atom. The van der Waals surface area contributed by atoms with Crippen LogP contribution in [0.1, 0.15) is 0 Å². The van der Waals surface area contributed by atoms with Crippen LogP contribution in [0.4, 0.5) is 5.82 Å².